The number of halogens is 1. The second kappa shape index (κ2) is 3.90. The van der Waals surface area contributed by atoms with Crippen LogP contribution in [-0.4, -0.2) is 15.7 Å². The lowest BCUT2D eigenvalue weighted by Gasteiger charge is -2.06. The summed E-state index contributed by atoms with van der Waals surface area (Å²) in [5, 5.41) is 5.57. The molecule has 1 aromatic rings. The Bertz CT molecular complexity index is 393. The zero-order valence-corrected chi connectivity index (χ0v) is 8.79. The summed E-state index contributed by atoms with van der Waals surface area (Å²) in [5.41, 5.74) is 2.16. The first-order chi connectivity index (χ1) is 6.77. The van der Waals surface area contributed by atoms with Gasteiger partial charge in [0.1, 0.15) is 0 Å². The molecule has 0 amide bonds. The summed E-state index contributed by atoms with van der Waals surface area (Å²) in [4.78, 5) is 0. The Morgan fingerprint density at radius 2 is 2.00 bits per heavy atom. The van der Waals surface area contributed by atoms with Crippen molar-refractivity contribution in [3.63, 3.8) is 0 Å². The third-order valence-corrected chi connectivity index (χ3v) is 2.25. The summed E-state index contributed by atoms with van der Waals surface area (Å²) in [6.45, 7) is 0. The van der Waals surface area contributed by atoms with Crippen molar-refractivity contribution in [3.05, 3.63) is 41.6 Å². The molecule has 0 fully saturated rings. The van der Waals surface area contributed by atoms with Gasteiger partial charge in [0.2, 0.25) is 0 Å². The largest absolute Gasteiger partial charge is 0.219 e. The minimum Gasteiger partial charge on any atom is -0.219 e. The summed E-state index contributed by atoms with van der Waals surface area (Å²) >= 11 is 10.5. The summed E-state index contributed by atoms with van der Waals surface area (Å²) in [6, 6.07) is 7.95. The Kier molecular flexibility index (Phi) is 2.61. The van der Waals surface area contributed by atoms with Crippen molar-refractivity contribution in [2.75, 3.05) is 0 Å². The van der Waals surface area contributed by atoms with E-state index in [1.54, 1.807) is 12.4 Å². The Hall–Kier alpha value is -1.19. The van der Waals surface area contributed by atoms with E-state index in [1.165, 1.54) is 5.01 Å². The van der Waals surface area contributed by atoms with E-state index in [9.17, 15) is 0 Å². The first-order valence-electron chi connectivity index (χ1n) is 4.07. The highest BCUT2D eigenvalue weighted by Crippen LogP contribution is 2.13. The summed E-state index contributed by atoms with van der Waals surface area (Å²) in [5.74, 6) is 0. The first-order valence-corrected chi connectivity index (χ1v) is 4.86. The molecule has 1 aliphatic heterocycles. The molecule has 1 aliphatic rings. The van der Waals surface area contributed by atoms with Gasteiger partial charge < -0.3 is 0 Å². The molecule has 70 valence electrons. The molecule has 0 N–H and O–H groups in total. The average molecular weight is 223 g/mol. The molecule has 0 saturated heterocycles. The lowest BCUT2D eigenvalue weighted by molar-refractivity contribution is 0.633. The van der Waals surface area contributed by atoms with Gasteiger partial charge in [-0.05, 0) is 35.5 Å². The maximum atomic E-state index is 5.66. The third-order valence-electron chi connectivity index (χ3n) is 1.89. The van der Waals surface area contributed by atoms with Gasteiger partial charge in [-0.2, -0.15) is 5.10 Å². The van der Waals surface area contributed by atoms with Crippen LogP contribution in [0, 0.1) is 0 Å². The molecular formula is C10H7ClN2S. The van der Waals surface area contributed by atoms with Crippen LogP contribution in [-0.2, 0) is 0 Å². The molecule has 0 aliphatic carbocycles. The molecule has 1 heterocycles. The summed E-state index contributed by atoms with van der Waals surface area (Å²) in [7, 11) is 0. The number of benzene rings is 1. The Labute approximate surface area is 92.5 Å². The second-order valence-corrected chi connectivity index (χ2v) is 3.76. The maximum Gasteiger partial charge on any atom is 0.194 e. The maximum absolute atomic E-state index is 5.66. The molecule has 2 rings (SSSR count). The van der Waals surface area contributed by atoms with Gasteiger partial charge in [-0.1, -0.05) is 24.3 Å². The fraction of sp³-hybridized carbons (Fsp3) is 0. The molecule has 4 heteroatoms. The van der Waals surface area contributed by atoms with Crippen molar-refractivity contribution < 1.29 is 0 Å². The van der Waals surface area contributed by atoms with Crippen molar-refractivity contribution in [2.45, 2.75) is 0 Å². The minimum atomic E-state index is 0.213. The molecule has 0 saturated carbocycles. The predicted octanol–water partition coefficient (Wildman–Crippen LogP) is 2.83. The van der Waals surface area contributed by atoms with Gasteiger partial charge in [0, 0.05) is 11.8 Å². The van der Waals surface area contributed by atoms with Gasteiger partial charge in [-0.25, -0.2) is 5.01 Å². The molecule has 0 atom stereocenters. The first kappa shape index (κ1) is 9.37. The van der Waals surface area contributed by atoms with Crippen LogP contribution in [0.15, 0.2) is 35.6 Å². The van der Waals surface area contributed by atoms with E-state index in [4.69, 9.17) is 23.8 Å². The van der Waals surface area contributed by atoms with E-state index in [-0.39, 0.29) is 4.45 Å². The number of hydrogen-bond donors (Lipinski definition) is 0. The van der Waals surface area contributed by atoms with E-state index >= 15 is 0 Å². The predicted molar refractivity (Wildman–Crippen MR) is 63.4 cm³/mol. The van der Waals surface area contributed by atoms with Crippen LogP contribution in [0.5, 0.6) is 0 Å². The van der Waals surface area contributed by atoms with Gasteiger partial charge in [-0.15, -0.1) is 0 Å². The topological polar surface area (TPSA) is 15.6 Å². The van der Waals surface area contributed by atoms with Gasteiger partial charge in [0.05, 0.1) is 6.21 Å². The van der Waals surface area contributed by atoms with E-state index in [1.807, 2.05) is 30.3 Å². The molecule has 0 spiro atoms. The number of hydrogen-bond acceptors (Lipinski definition) is 2. The molecule has 14 heavy (non-hydrogen) atoms. The lowest BCUT2D eigenvalue weighted by atomic mass is 10.1. The normalized spacial score (nSPS) is 13.6. The quantitative estimate of drug-likeness (QED) is 0.381. The SMILES string of the molecule is S=C(Cl)N1C=Cc2ccccc2C=N1. The van der Waals surface area contributed by atoms with Crippen LogP contribution in [0.1, 0.15) is 11.1 Å². The zero-order valence-electron chi connectivity index (χ0n) is 7.22. The molecule has 0 radical (unpaired) electrons. The van der Waals surface area contributed by atoms with Crippen molar-refractivity contribution in [1.29, 1.82) is 0 Å². The van der Waals surface area contributed by atoms with Crippen LogP contribution in [0.25, 0.3) is 6.08 Å². The number of thiocarbonyl (C=S) groups is 1. The molecule has 0 unspecified atom stereocenters. The fourth-order valence-electron chi connectivity index (χ4n) is 1.20. The molecule has 1 aromatic carbocycles. The number of nitrogens with zero attached hydrogens (tertiary/aromatic N) is 2. The van der Waals surface area contributed by atoms with Gasteiger partial charge in [-0.3, -0.25) is 0 Å². The molecule has 0 bridgehead atoms. The highest BCUT2D eigenvalue weighted by Gasteiger charge is 2.05. The van der Waals surface area contributed by atoms with Gasteiger partial charge in [0.25, 0.3) is 0 Å². The van der Waals surface area contributed by atoms with E-state index in [2.05, 4.69) is 5.10 Å². The van der Waals surface area contributed by atoms with Crippen LogP contribution >= 0.6 is 23.8 Å². The molecule has 0 aromatic heterocycles. The van der Waals surface area contributed by atoms with Crippen LogP contribution in [0.2, 0.25) is 0 Å². The molecular weight excluding hydrogens is 216 g/mol. The smallest absolute Gasteiger partial charge is 0.194 e. The van der Waals surface area contributed by atoms with Crippen LogP contribution < -0.4 is 0 Å². The Morgan fingerprint density at radius 1 is 1.29 bits per heavy atom. The zero-order chi connectivity index (χ0) is 9.97. The van der Waals surface area contributed by atoms with Crippen molar-refractivity contribution in [1.82, 2.24) is 5.01 Å². The van der Waals surface area contributed by atoms with Crippen molar-refractivity contribution in [3.8, 4) is 0 Å². The average Bonchev–Trinajstić information content (AvgIpc) is 2.39. The van der Waals surface area contributed by atoms with Crippen LogP contribution in [0.4, 0.5) is 0 Å². The van der Waals surface area contributed by atoms with Crippen molar-refractivity contribution in [2.24, 2.45) is 5.10 Å². The number of hydrazone groups is 1. The monoisotopic (exact) mass is 222 g/mol. The number of fused-ring (bicyclic) bond motifs is 1. The second-order valence-electron chi connectivity index (χ2n) is 2.79. The van der Waals surface area contributed by atoms with Crippen LogP contribution in [0.3, 0.4) is 0 Å². The minimum absolute atomic E-state index is 0.213. The number of rotatable bonds is 0. The fourth-order valence-corrected chi connectivity index (χ4v) is 1.41. The summed E-state index contributed by atoms with van der Waals surface area (Å²) in [6.07, 6.45) is 5.42. The van der Waals surface area contributed by atoms with E-state index in [0.29, 0.717) is 0 Å². The van der Waals surface area contributed by atoms with E-state index in [0.717, 1.165) is 11.1 Å². The standard InChI is InChI=1S/C10H7ClN2S/c11-10(14)13-6-5-8-3-1-2-4-9(8)7-12-13/h1-7H. The third kappa shape index (κ3) is 1.84. The molecule has 2 nitrogen and oxygen atoms in total. The lowest BCUT2D eigenvalue weighted by Crippen LogP contribution is -2.11. The Morgan fingerprint density at radius 3 is 2.71 bits per heavy atom. The Balaban J connectivity index is 2.42. The highest BCUT2D eigenvalue weighted by atomic mass is 35.5. The summed E-state index contributed by atoms with van der Waals surface area (Å²) < 4.78 is 0.213. The highest BCUT2D eigenvalue weighted by molar-refractivity contribution is 7.83. The van der Waals surface area contributed by atoms with Gasteiger partial charge >= 0.3 is 0 Å². The van der Waals surface area contributed by atoms with Gasteiger partial charge in [0.15, 0.2) is 4.45 Å². The van der Waals surface area contributed by atoms with Crippen molar-refractivity contribution >= 4 is 40.6 Å². The van der Waals surface area contributed by atoms with E-state index < -0.39 is 0 Å².